The van der Waals surface area contributed by atoms with Gasteiger partial charge < -0.3 is 9.47 Å². The second-order valence-electron chi connectivity index (χ2n) is 5.13. The Balaban J connectivity index is 2.17. The number of rotatable bonds is 2. The van der Waals surface area contributed by atoms with Gasteiger partial charge in [0.25, 0.3) is 0 Å². The summed E-state index contributed by atoms with van der Waals surface area (Å²) in [5.41, 5.74) is 1.81. The van der Waals surface area contributed by atoms with Crippen molar-refractivity contribution in [1.29, 1.82) is 0 Å². The average Bonchev–Trinajstić information content (AvgIpc) is 2.58. The predicted octanol–water partition coefficient (Wildman–Crippen LogP) is 2.20. The van der Waals surface area contributed by atoms with Gasteiger partial charge in [0.05, 0.1) is 25.4 Å². The van der Waals surface area contributed by atoms with Gasteiger partial charge in [0, 0.05) is 28.2 Å². The van der Waals surface area contributed by atoms with Gasteiger partial charge in [-0.25, -0.2) is 9.59 Å². The lowest BCUT2D eigenvalue weighted by Crippen LogP contribution is -2.26. The predicted molar refractivity (Wildman–Crippen MR) is 83.7 cm³/mol. The Morgan fingerprint density at radius 2 is 1.74 bits per heavy atom. The molecule has 0 unspecified atom stereocenters. The number of allylic oxidation sites excluding steroid dienone is 1. The summed E-state index contributed by atoms with van der Waals surface area (Å²) in [6, 6.07) is 7.69. The SMILES string of the molecule is COC(=O)C1=C(C(=O)OC)C2=C(Cc3ccccc3S2)C(=O)C1. The van der Waals surface area contributed by atoms with Crippen LogP contribution in [0.4, 0.5) is 0 Å². The Labute approximate surface area is 137 Å². The molecule has 0 bridgehead atoms. The van der Waals surface area contributed by atoms with E-state index in [1.54, 1.807) is 0 Å². The molecule has 1 heterocycles. The third-order valence-electron chi connectivity index (χ3n) is 3.85. The van der Waals surface area contributed by atoms with E-state index in [-0.39, 0.29) is 23.4 Å². The minimum atomic E-state index is -0.676. The minimum Gasteiger partial charge on any atom is -0.466 e. The van der Waals surface area contributed by atoms with Crippen molar-refractivity contribution in [2.75, 3.05) is 14.2 Å². The van der Waals surface area contributed by atoms with Crippen LogP contribution in [-0.2, 0) is 30.3 Å². The Morgan fingerprint density at radius 3 is 2.43 bits per heavy atom. The summed E-state index contributed by atoms with van der Waals surface area (Å²) in [6.07, 6.45) is 0.310. The molecule has 1 aromatic rings. The fourth-order valence-electron chi connectivity index (χ4n) is 2.73. The van der Waals surface area contributed by atoms with E-state index >= 15 is 0 Å². The second kappa shape index (κ2) is 6.04. The number of hydrogen-bond acceptors (Lipinski definition) is 6. The normalized spacial score (nSPS) is 16.7. The smallest absolute Gasteiger partial charge is 0.339 e. The fourth-order valence-corrected chi connectivity index (χ4v) is 3.98. The number of methoxy groups -OCH3 is 2. The zero-order valence-electron chi connectivity index (χ0n) is 12.7. The lowest BCUT2D eigenvalue weighted by Gasteiger charge is -2.27. The van der Waals surface area contributed by atoms with Gasteiger partial charge >= 0.3 is 11.9 Å². The number of fused-ring (bicyclic) bond motifs is 1. The lowest BCUT2D eigenvalue weighted by molar-refractivity contribution is -0.139. The minimum absolute atomic E-state index is 0.0648. The van der Waals surface area contributed by atoms with Crippen molar-refractivity contribution in [2.24, 2.45) is 0 Å². The first-order valence-corrected chi connectivity index (χ1v) is 7.80. The third kappa shape index (κ3) is 2.59. The van der Waals surface area contributed by atoms with Crippen LogP contribution in [0.1, 0.15) is 12.0 Å². The molecule has 23 heavy (non-hydrogen) atoms. The number of hydrogen-bond donors (Lipinski definition) is 0. The van der Waals surface area contributed by atoms with Crippen LogP contribution in [0.25, 0.3) is 0 Å². The fraction of sp³-hybridized carbons (Fsp3) is 0.235. The van der Waals surface area contributed by atoms with Crippen LogP contribution in [0, 0.1) is 0 Å². The zero-order valence-corrected chi connectivity index (χ0v) is 13.5. The summed E-state index contributed by atoms with van der Waals surface area (Å²) in [4.78, 5) is 38.1. The number of carbonyl (C=O) groups is 3. The van der Waals surface area contributed by atoms with E-state index in [2.05, 4.69) is 0 Å². The van der Waals surface area contributed by atoms with Crippen molar-refractivity contribution < 1.29 is 23.9 Å². The van der Waals surface area contributed by atoms with Crippen molar-refractivity contribution in [3.8, 4) is 0 Å². The number of Topliss-reactive ketones (excluding diaryl/α,β-unsaturated/α-hetero) is 1. The summed E-state index contributed by atoms with van der Waals surface area (Å²) < 4.78 is 9.55. The average molecular weight is 330 g/mol. The van der Waals surface area contributed by atoms with E-state index in [0.717, 1.165) is 10.5 Å². The van der Waals surface area contributed by atoms with E-state index < -0.39 is 11.9 Å². The van der Waals surface area contributed by atoms with Gasteiger partial charge in [0.1, 0.15) is 0 Å². The van der Waals surface area contributed by atoms with Crippen molar-refractivity contribution in [1.82, 2.24) is 0 Å². The molecule has 5 nitrogen and oxygen atoms in total. The van der Waals surface area contributed by atoms with Gasteiger partial charge in [-0.2, -0.15) is 0 Å². The summed E-state index contributed by atoms with van der Waals surface area (Å²) in [7, 11) is 2.48. The molecule has 0 N–H and O–H groups in total. The molecular weight excluding hydrogens is 316 g/mol. The molecule has 118 valence electrons. The van der Waals surface area contributed by atoms with Crippen LogP contribution < -0.4 is 0 Å². The van der Waals surface area contributed by atoms with Crippen LogP contribution >= 0.6 is 11.8 Å². The van der Waals surface area contributed by atoms with Gasteiger partial charge in [-0.15, -0.1) is 0 Å². The first-order valence-electron chi connectivity index (χ1n) is 6.99. The van der Waals surface area contributed by atoms with Gasteiger partial charge in [0.2, 0.25) is 0 Å². The van der Waals surface area contributed by atoms with E-state index in [1.165, 1.54) is 26.0 Å². The molecule has 3 rings (SSSR count). The van der Waals surface area contributed by atoms with Crippen LogP contribution in [0.3, 0.4) is 0 Å². The maximum Gasteiger partial charge on any atom is 0.339 e. The topological polar surface area (TPSA) is 69.7 Å². The van der Waals surface area contributed by atoms with E-state index in [4.69, 9.17) is 9.47 Å². The van der Waals surface area contributed by atoms with Crippen LogP contribution in [0.5, 0.6) is 0 Å². The molecule has 0 saturated carbocycles. The molecule has 1 aromatic carbocycles. The number of thioether (sulfide) groups is 1. The summed E-state index contributed by atoms with van der Waals surface area (Å²) >= 11 is 1.32. The maximum atomic E-state index is 12.5. The highest BCUT2D eigenvalue weighted by Gasteiger charge is 2.37. The van der Waals surface area contributed by atoms with E-state index in [1.807, 2.05) is 24.3 Å². The van der Waals surface area contributed by atoms with Crippen LogP contribution in [0.15, 0.2) is 50.8 Å². The van der Waals surface area contributed by atoms with Crippen molar-refractivity contribution in [3.63, 3.8) is 0 Å². The number of carbonyl (C=O) groups excluding carboxylic acids is 3. The first kappa shape index (κ1) is 15.6. The molecule has 1 aliphatic carbocycles. The van der Waals surface area contributed by atoms with Gasteiger partial charge in [-0.3, -0.25) is 4.79 Å². The van der Waals surface area contributed by atoms with Crippen LogP contribution in [0.2, 0.25) is 0 Å². The summed E-state index contributed by atoms with van der Waals surface area (Å²) in [6.45, 7) is 0. The molecule has 0 amide bonds. The quantitative estimate of drug-likeness (QED) is 0.774. The van der Waals surface area contributed by atoms with Crippen molar-refractivity contribution in [2.45, 2.75) is 17.7 Å². The monoisotopic (exact) mass is 330 g/mol. The molecule has 2 aliphatic rings. The number of ketones is 1. The molecule has 0 atom stereocenters. The maximum absolute atomic E-state index is 12.5. The Hall–Kier alpha value is -2.34. The molecule has 1 aliphatic heterocycles. The highest BCUT2D eigenvalue weighted by Crippen LogP contribution is 2.46. The molecule has 0 fully saturated rings. The Morgan fingerprint density at radius 1 is 1.04 bits per heavy atom. The number of ether oxygens (including phenoxy) is 2. The van der Waals surface area contributed by atoms with Crippen LogP contribution in [-0.4, -0.2) is 31.9 Å². The lowest BCUT2D eigenvalue weighted by atomic mass is 9.87. The van der Waals surface area contributed by atoms with Crippen molar-refractivity contribution in [3.05, 3.63) is 51.5 Å². The molecular formula is C17H14O5S. The molecule has 0 aromatic heterocycles. The van der Waals surface area contributed by atoms with Gasteiger partial charge in [0.15, 0.2) is 5.78 Å². The molecule has 0 saturated heterocycles. The third-order valence-corrected chi connectivity index (χ3v) is 5.12. The first-order chi connectivity index (χ1) is 11.1. The van der Waals surface area contributed by atoms with Gasteiger partial charge in [-0.1, -0.05) is 30.0 Å². The largest absolute Gasteiger partial charge is 0.466 e. The highest BCUT2D eigenvalue weighted by atomic mass is 32.2. The Kier molecular flexibility index (Phi) is 4.09. The van der Waals surface area contributed by atoms with Gasteiger partial charge in [-0.05, 0) is 11.6 Å². The molecule has 0 spiro atoms. The summed E-state index contributed by atoms with van der Waals surface area (Å²) in [5, 5.41) is 0. The molecule has 6 heteroatoms. The molecule has 0 radical (unpaired) electrons. The standard InChI is InChI=1S/C17H14O5S/c1-21-16(19)11-8-12(18)10-7-9-5-3-4-6-13(9)23-15(10)14(11)17(20)22-2/h3-6H,7-8H2,1-2H3. The second-order valence-corrected chi connectivity index (χ2v) is 6.18. The number of benzene rings is 1. The summed E-state index contributed by atoms with van der Waals surface area (Å²) in [5.74, 6) is -1.46. The number of esters is 2. The zero-order chi connectivity index (χ0) is 16.6. The Bertz CT molecular complexity index is 788. The van der Waals surface area contributed by atoms with E-state index in [9.17, 15) is 14.4 Å². The van der Waals surface area contributed by atoms with E-state index in [0.29, 0.717) is 16.9 Å². The van der Waals surface area contributed by atoms with Crippen molar-refractivity contribution >= 4 is 29.5 Å². The highest BCUT2D eigenvalue weighted by molar-refractivity contribution is 8.03.